The standard InChI is InChI=1S/C12H18N4O/c1-12(4-2-3-5-12)16-11-9(10(14)17)6-8(13)7-15-11/h6-7H,2-5,13H2,1H3,(H2,14,17)(H,15,16). The molecule has 0 saturated heterocycles. The van der Waals surface area contributed by atoms with Gasteiger partial charge in [0.2, 0.25) is 0 Å². The summed E-state index contributed by atoms with van der Waals surface area (Å²) in [5, 5.41) is 3.33. The number of nitrogens with one attached hydrogen (secondary N) is 1. The zero-order valence-electron chi connectivity index (χ0n) is 9.99. The summed E-state index contributed by atoms with van der Waals surface area (Å²) in [6.07, 6.45) is 6.09. The summed E-state index contributed by atoms with van der Waals surface area (Å²) in [5.41, 5.74) is 11.7. The smallest absolute Gasteiger partial charge is 0.252 e. The fourth-order valence-corrected chi connectivity index (χ4v) is 2.33. The monoisotopic (exact) mass is 234 g/mol. The van der Waals surface area contributed by atoms with Crippen LogP contribution in [0.15, 0.2) is 12.3 Å². The third-order valence-corrected chi connectivity index (χ3v) is 3.30. The van der Waals surface area contributed by atoms with Gasteiger partial charge in [0.15, 0.2) is 0 Å². The van der Waals surface area contributed by atoms with E-state index < -0.39 is 5.91 Å². The maximum absolute atomic E-state index is 11.3. The molecule has 0 unspecified atom stereocenters. The molecule has 1 aliphatic rings. The van der Waals surface area contributed by atoms with Crippen LogP contribution in [0.1, 0.15) is 43.0 Å². The number of amides is 1. The predicted octanol–water partition coefficient (Wildman–Crippen LogP) is 1.51. The lowest BCUT2D eigenvalue weighted by Crippen LogP contribution is -2.32. The lowest BCUT2D eigenvalue weighted by Gasteiger charge is -2.26. The summed E-state index contributed by atoms with van der Waals surface area (Å²) in [5.74, 6) is 0.0324. The molecule has 1 aromatic rings. The van der Waals surface area contributed by atoms with Gasteiger partial charge in [-0.25, -0.2) is 4.98 Å². The third-order valence-electron chi connectivity index (χ3n) is 3.30. The maximum Gasteiger partial charge on any atom is 0.252 e. The van der Waals surface area contributed by atoms with Crippen molar-refractivity contribution in [3.63, 3.8) is 0 Å². The highest BCUT2D eigenvalue weighted by Gasteiger charge is 2.29. The SMILES string of the molecule is CC1(Nc2ncc(N)cc2C(N)=O)CCCC1. The highest BCUT2D eigenvalue weighted by atomic mass is 16.1. The minimum atomic E-state index is -0.506. The molecule has 1 saturated carbocycles. The molecule has 1 heterocycles. The molecule has 1 aliphatic carbocycles. The summed E-state index contributed by atoms with van der Waals surface area (Å²) in [4.78, 5) is 15.5. The Balaban J connectivity index is 2.28. The van der Waals surface area contributed by atoms with E-state index >= 15 is 0 Å². The first-order valence-corrected chi connectivity index (χ1v) is 5.84. The molecule has 0 aromatic carbocycles. The van der Waals surface area contributed by atoms with Crippen LogP contribution in [0.25, 0.3) is 0 Å². The fraction of sp³-hybridized carbons (Fsp3) is 0.500. The van der Waals surface area contributed by atoms with Crippen LogP contribution in [0.5, 0.6) is 0 Å². The average Bonchev–Trinajstić information content (AvgIpc) is 2.67. The molecule has 5 heteroatoms. The van der Waals surface area contributed by atoms with Gasteiger partial charge in [0.25, 0.3) is 5.91 Å². The van der Waals surface area contributed by atoms with Gasteiger partial charge in [0, 0.05) is 5.54 Å². The quantitative estimate of drug-likeness (QED) is 0.738. The Morgan fingerprint density at radius 1 is 1.47 bits per heavy atom. The molecule has 5 nitrogen and oxygen atoms in total. The lowest BCUT2D eigenvalue weighted by molar-refractivity contribution is 0.100. The van der Waals surface area contributed by atoms with Gasteiger partial charge in [0.1, 0.15) is 5.82 Å². The summed E-state index contributed by atoms with van der Waals surface area (Å²) >= 11 is 0. The average molecular weight is 234 g/mol. The van der Waals surface area contributed by atoms with Gasteiger partial charge in [-0.15, -0.1) is 0 Å². The Morgan fingerprint density at radius 2 is 2.12 bits per heavy atom. The molecule has 0 aliphatic heterocycles. The van der Waals surface area contributed by atoms with E-state index in [2.05, 4.69) is 17.2 Å². The second-order valence-electron chi connectivity index (χ2n) is 4.92. The predicted molar refractivity (Wildman–Crippen MR) is 67.7 cm³/mol. The first-order valence-electron chi connectivity index (χ1n) is 5.84. The Kier molecular flexibility index (Phi) is 2.92. The molecule has 2 rings (SSSR count). The molecular weight excluding hydrogens is 216 g/mol. The topological polar surface area (TPSA) is 94.0 Å². The molecule has 5 N–H and O–H groups in total. The van der Waals surface area contributed by atoms with Gasteiger partial charge in [-0.3, -0.25) is 4.79 Å². The van der Waals surface area contributed by atoms with Gasteiger partial charge >= 0.3 is 0 Å². The van der Waals surface area contributed by atoms with Crippen LogP contribution < -0.4 is 16.8 Å². The van der Waals surface area contributed by atoms with Crippen molar-refractivity contribution in [3.8, 4) is 0 Å². The van der Waals surface area contributed by atoms with Crippen molar-refractivity contribution in [2.75, 3.05) is 11.1 Å². The van der Waals surface area contributed by atoms with Crippen LogP contribution in [0, 0.1) is 0 Å². The van der Waals surface area contributed by atoms with E-state index in [-0.39, 0.29) is 5.54 Å². The van der Waals surface area contributed by atoms with Crippen LogP contribution in [0.4, 0.5) is 11.5 Å². The zero-order valence-corrected chi connectivity index (χ0v) is 9.99. The van der Waals surface area contributed by atoms with Gasteiger partial charge in [-0.05, 0) is 25.8 Å². The van der Waals surface area contributed by atoms with E-state index in [1.54, 1.807) is 6.07 Å². The van der Waals surface area contributed by atoms with Crippen molar-refractivity contribution in [2.45, 2.75) is 38.1 Å². The van der Waals surface area contributed by atoms with Crippen LogP contribution in [-0.2, 0) is 0 Å². The van der Waals surface area contributed by atoms with E-state index in [1.807, 2.05) is 0 Å². The van der Waals surface area contributed by atoms with Crippen LogP contribution in [0.2, 0.25) is 0 Å². The van der Waals surface area contributed by atoms with Crippen molar-refractivity contribution in [3.05, 3.63) is 17.8 Å². The highest BCUT2D eigenvalue weighted by molar-refractivity contribution is 5.98. The first-order chi connectivity index (χ1) is 8.00. The largest absolute Gasteiger partial charge is 0.397 e. The molecule has 0 atom stereocenters. The molecule has 0 bridgehead atoms. The molecule has 92 valence electrons. The molecule has 17 heavy (non-hydrogen) atoms. The Labute approximate surface area is 101 Å². The van der Waals surface area contributed by atoms with Gasteiger partial charge in [0.05, 0.1) is 17.4 Å². The van der Waals surface area contributed by atoms with Crippen LogP contribution in [-0.4, -0.2) is 16.4 Å². The van der Waals surface area contributed by atoms with Crippen LogP contribution in [0.3, 0.4) is 0 Å². The van der Waals surface area contributed by atoms with Gasteiger partial charge in [-0.1, -0.05) is 12.8 Å². The number of hydrogen-bond donors (Lipinski definition) is 3. The Hall–Kier alpha value is -1.78. The first kappa shape index (κ1) is 11.7. The van der Waals surface area contributed by atoms with Crippen molar-refractivity contribution in [1.29, 1.82) is 0 Å². The van der Waals surface area contributed by atoms with E-state index in [4.69, 9.17) is 11.5 Å². The van der Waals surface area contributed by atoms with Crippen molar-refractivity contribution in [1.82, 2.24) is 4.98 Å². The number of anilines is 2. The molecule has 0 spiro atoms. The van der Waals surface area contributed by atoms with E-state index in [0.717, 1.165) is 12.8 Å². The minimum absolute atomic E-state index is 0.00726. The molecule has 0 radical (unpaired) electrons. The maximum atomic E-state index is 11.3. The fourth-order valence-electron chi connectivity index (χ4n) is 2.33. The third kappa shape index (κ3) is 2.49. The molecule has 1 aromatic heterocycles. The summed E-state index contributed by atoms with van der Waals surface area (Å²) in [6, 6.07) is 1.57. The molecule has 1 amide bonds. The zero-order chi connectivity index (χ0) is 12.5. The molecule has 1 fully saturated rings. The second kappa shape index (κ2) is 4.24. The summed E-state index contributed by atoms with van der Waals surface area (Å²) in [7, 11) is 0. The Morgan fingerprint density at radius 3 is 2.71 bits per heavy atom. The van der Waals surface area contributed by atoms with Crippen LogP contribution >= 0.6 is 0 Å². The number of carbonyl (C=O) groups is 1. The number of primary amides is 1. The number of rotatable bonds is 3. The van der Waals surface area contributed by atoms with Crippen molar-refractivity contribution < 1.29 is 4.79 Å². The van der Waals surface area contributed by atoms with E-state index in [1.165, 1.54) is 19.0 Å². The lowest BCUT2D eigenvalue weighted by atomic mass is 10.0. The normalized spacial score (nSPS) is 17.9. The van der Waals surface area contributed by atoms with E-state index in [0.29, 0.717) is 17.1 Å². The van der Waals surface area contributed by atoms with Gasteiger partial charge < -0.3 is 16.8 Å². The van der Waals surface area contributed by atoms with E-state index in [9.17, 15) is 4.79 Å². The second-order valence-corrected chi connectivity index (χ2v) is 4.92. The highest BCUT2D eigenvalue weighted by Crippen LogP contribution is 2.33. The number of carbonyl (C=O) groups excluding carboxylic acids is 1. The van der Waals surface area contributed by atoms with Gasteiger partial charge in [-0.2, -0.15) is 0 Å². The molecular formula is C12H18N4O. The number of nitrogens with zero attached hydrogens (tertiary/aromatic N) is 1. The number of nitrogens with two attached hydrogens (primary N) is 2. The summed E-state index contributed by atoms with van der Waals surface area (Å²) in [6.45, 7) is 2.14. The van der Waals surface area contributed by atoms with Crippen molar-refractivity contribution >= 4 is 17.4 Å². The number of hydrogen-bond acceptors (Lipinski definition) is 4. The minimum Gasteiger partial charge on any atom is -0.397 e. The number of pyridine rings is 1. The Bertz CT molecular complexity index is 438. The summed E-state index contributed by atoms with van der Waals surface area (Å²) < 4.78 is 0. The van der Waals surface area contributed by atoms with Crippen molar-refractivity contribution in [2.24, 2.45) is 5.73 Å². The number of aromatic nitrogens is 1. The number of nitrogen functional groups attached to an aromatic ring is 1.